The van der Waals surface area contributed by atoms with Gasteiger partial charge in [0.05, 0.1) is 13.2 Å². The van der Waals surface area contributed by atoms with Gasteiger partial charge in [0.1, 0.15) is 11.3 Å². The lowest BCUT2D eigenvalue weighted by Crippen LogP contribution is -2.33. The summed E-state index contributed by atoms with van der Waals surface area (Å²) in [5, 5.41) is 1.01. The molecule has 6 rings (SSSR count). The molecule has 1 heterocycles. The molecule has 0 spiro atoms. The molecular formula is C39H35NO3. The van der Waals surface area contributed by atoms with Crippen molar-refractivity contribution in [2.75, 3.05) is 13.2 Å². The molecule has 43 heavy (non-hydrogen) atoms. The molecule has 0 amide bonds. The van der Waals surface area contributed by atoms with Gasteiger partial charge in [-0.25, -0.2) is 4.79 Å². The third kappa shape index (κ3) is 5.75. The number of carbonyl (C=O) groups is 1. The Morgan fingerprint density at radius 2 is 1.19 bits per heavy atom. The molecule has 0 unspecified atom stereocenters. The molecule has 1 aromatic heterocycles. The highest BCUT2D eigenvalue weighted by Gasteiger charge is 2.37. The Morgan fingerprint density at radius 1 is 0.651 bits per heavy atom. The number of rotatable bonds is 11. The van der Waals surface area contributed by atoms with Crippen LogP contribution in [0.15, 0.2) is 146 Å². The Balaban J connectivity index is 1.33. The zero-order chi connectivity index (χ0) is 29.5. The first-order chi connectivity index (χ1) is 21.2. The number of nitrogens with zero attached hydrogens (tertiary/aromatic N) is 1. The molecule has 0 fully saturated rings. The average molecular weight is 566 g/mol. The van der Waals surface area contributed by atoms with Gasteiger partial charge in [0.15, 0.2) is 0 Å². The predicted octanol–water partition coefficient (Wildman–Crippen LogP) is 8.88. The van der Waals surface area contributed by atoms with E-state index in [1.54, 1.807) is 0 Å². The predicted molar refractivity (Wildman–Crippen MR) is 173 cm³/mol. The smallest absolute Gasteiger partial charge is 0.354 e. The summed E-state index contributed by atoms with van der Waals surface area (Å²) in [5.74, 6) is -0.312. The Morgan fingerprint density at radius 3 is 1.72 bits per heavy atom. The van der Waals surface area contributed by atoms with Crippen LogP contribution in [0.1, 0.15) is 40.5 Å². The summed E-state index contributed by atoms with van der Waals surface area (Å²) in [4.78, 5) is 13.1. The number of ether oxygens (including phenoxy) is 2. The van der Waals surface area contributed by atoms with Crippen molar-refractivity contribution in [3.63, 3.8) is 0 Å². The Kier molecular flexibility index (Phi) is 8.48. The maximum Gasteiger partial charge on any atom is 0.354 e. The van der Waals surface area contributed by atoms with Crippen molar-refractivity contribution in [3.05, 3.63) is 168 Å². The minimum absolute atomic E-state index is 0.312. The van der Waals surface area contributed by atoms with Crippen LogP contribution in [-0.4, -0.2) is 23.8 Å². The lowest BCUT2D eigenvalue weighted by molar-refractivity contribution is 0.00995. The third-order valence-corrected chi connectivity index (χ3v) is 7.88. The highest BCUT2D eigenvalue weighted by molar-refractivity contribution is 5.97. The molecule has 4 nitrogen and oxygen atoms in total. The Bertz CT molecular complexity index is 1680. The second kappa shape index (κ2) is 12.9. The molecular weight excluding hydrogens is 530 g/mol. The summed E-state index contributed by atoms with van der Waals surface area (Å²) in [6.07, 6.45) is 0.699. The normalized spacial score (nSPS) is 11.5. The van der Waals surface area contributed by atoms with E-state index >= 15 is 0 Å². The van der Waals surface area contributed by atoms with Gasteiger partial charge < -0.3 is 14.0 Å². The van der Waals surface area contributed by atoms with Crippen LogP contribution in [0.25, 0.3) is 22.0 Å². The minimum Gasteiger partial charge on any atom is -0.461 e. The van der Waals surface area contributed by atoms with Gasteiger partial charge in [0.25, 0.3) is 0 Å². The number of benzene rings is 5. The largest absolute Gasteiger partial charge is 0.461 e. The first-order valence-electron chi connectivity index (χ1n) is 14.9. The monoisotopic (exact) mass is 565 g/mol. The molecule has 0 atom stereocenters. The zero-order valence-electron chi connectivity index (χ0n) is 24.4. The van der Waals surface area contributed by atoms with Crippen molar-refractivity contribution in [1.82, 2.24) is 4.57 Å². The number of aryl methyl sites for hydroxylation is 1. The van der Waals surface area contributed by atoms with Crippen molar-refractivity contribution in [1.29, 1.82) is 0 Å². The number of esters is 1. The third-order valence-electron chi connectivity index (χ3n) is 7.88. The molecule has 0 aliphatic carbocycles. The van der Waals surface area contributed by atoms with E-state index < -0.39 is 5.60 Å². The van der Waals surface area contributed by atoms with Gasteiger partial charge >= 0.3 is 5.97 Å². The average Bonchev–Trinajstić information content (AvgIpc) is 3.44. The second-order valence-corrected chi connectivity index (χ2v) is 10.5. The van der Waals surface area contributed by atoms with Gasteiger partial charge in [0.2, 0.25) is 0 Å². The quantitative estimate of drug-likeness (QED) is 0.0895. The fraction of sp³-hybridized carbons (Fsp3) is 0.154. The lowest BCUT2D eigenvalue weighted by Gasteiger charge is -2.36. The summed E-state index contributed by atoms with van der Waals surface area (Å²) in [6.45, 7) is 3.24. The van der Waals surface area contributed by atoms with Crippen molar-refractivity contribution in [3.8, 4) is 11.1 Å². The SMILES string of the molecule is CCOC(=O)c1cc2cc(-c3ccccc3)ccc2n1CCCOC(c1ccccc1)(c1ccccc1)c1ccccc1. The molecule has 0 saturated carbocycles. The van der Waals surface area contributed by atoms with Crippen molar-refractivity contribution < 1.29 is 14.3 Å². The number of fused-ring (bicyclic) bond motifs is 1. The van der Waals surface area contributed by atoms with Crippen LogP contribution in [0.3, 0.4) is 0 Å². The summed E-state index contributed by atoms with van der Waals surface area (Å²) in [7, 11) is 0. The van der Waals surface area contributed by atoms with Gasteiger partial charge in [-0.15, -0.1) is 0 Å². The first kappa shape index (κ1) is 28.2. The van der Waals surface area contributed by atoms with E-state index in [1.165, 1.54) is 0 Å². The Hall–Kier alpha value is -4.93. The Labute approximate surface area is 253 Å². The van der Waals surface area contributed by atoms with Crippen molar-refractivity contribution >= 4 is 16.9 Å². The molecule has 4 heteroatoms. The van der Waals surface area contributed by atoms with E-state index in [-0.39, 0.29) is 5.97 Å². The maximum absolute atomic E-state index is 13.1. The van der Waals surface area contributed by atoms with Crippen LogP contribution in [-0.2, 0) is 21.6 Å². The van der Waals surface area contributed by atoms with Crippen LogP contribution < -0.4 is 0 Å². The molecule has 0 bridgehead atoms. The van der Waals surface area contributed by atoms with Gasteiger partial charge in [-0.2, -0.15) is 0 Å². The second-order valence-electron chi connectivity index (χ2n) is 10.5. The molecule has 0 saturated heterocycles. The van der Waals surface area contributed by atoms with E-state index in [1.807, 2.05) is 49.4 Å². The van der Waals surface area contributed by atoms with Crippen molar-refractivity contribution in [2.45, 2.75) is 25.5 Å². The van der Waals surface area contributed by atoms with E-state index in [2.05, 4.69) is 108 Å². The van der Waals surface area contributed by atoms with Gasteiger partial charge in [-0.3, -0.25) is 0 Å². The van der Waals surface area contributed by atoms with E-state index in [0.717, 1.165) is 38.7 Å². The molecule has 0 aliphatic heterocycles. The highest BCUT2D eigenvalue weighted by Crippen LogP contribution is 2.40. The molecule has 5 aromatic carbocycles. The molecule has 0 radical (unpaired) electrons. The fourth-order valence-corrected chi connectivity index (χ4v) is 5.91. The number of aromatic nitrogens is 1. The number of hydrogen-bond donors (Lipinski definition) is 0. The summed E-state index contributed by atoms with van der Waals surface area (Å²) in [6, 6.07) is 49.8. The number of carbonyl (C=O) groups excluding carboxylic acids is 1. The molecule has 0 N–H and O–H groups in total. The van der Waals surface area contributed by atoms with Crippen LogP contribution in [0.4, 0.5) is 0 Å². The van der Waals surface area contributed by atoms with E-state index in [4.69, 9.17) is 9.47 Å². The molecule has 214 valence electrons. The maximum atomic E-state index is 13.1. The van der Waals surface area contributed by atoms with E-state index in [9.17, 15) is 4.79 Å². The van der Waals surface area contributed by atoms with Gasteiger partial charge in [-0.05, 0) is 59.4 Å². The lowest BCUT2D eigenvalue weighted by atomic mass is 9.80. The standard InChI is InChI=1S/C39H35NO3/c1-2-42-38(41)37-29-32-28-31(30-16-7-3-8-17-30)24-25-36(32)40(37)26-15-27-43-39(33-18-9-4-10-19-33,34-20-11-5-12-21-34)35-22-13-6-14-23-35/h3-14,16-25,28-29H,2,15,26-27H2,1H3. The van der Waals surface area contributed by atoms with Crippen LogP contribution in [0.5, 0.6) is 0 Å². The summed E-state index contributed by atoms with van der Waals surface area (Å²) < 4.78 is 14.5. The highest BCUT2D eigenvalue weighted by atomic mass is 16.5. The van der Waals surface area contributed by atoms with Crippen LogP contribution in [0.2, 0.25) is 0 Å². The summed E-state index contributed by atoms with van der Waals surface area (Å²) >= 11 is 0. The van der Waals surface area contributed by atoms with Gasteiger partial charge in [-0.1, -0.05) is 127 Å². The zero-order valence-corrected chi connectivity index (χ0v) is 24.4. The minimum atomic E-state index is -0.781. The number of hydrogen-bond acceptors (Lipinski definition) is 3. The van der Waals surface area contributed by atoms with Gasteiger partial charge in [0, 0.05) is 17.4 Å². The van der Waals surface area contributed by atoms with Crippen LogP contribution >= 0.6 is 0 Å². The molecule has 0 aliphatic rings. The van der Waals surface area contributed by atoms with Crippen LogP contribution in [0, 0.1) is 0 Å². The molecule has 6 aromatic rings. The fourth-order valence-electron chi connectivity index (χ4n) is 5.91. The van der Waals surface area contributed by atoms with Crippen molar-refractivity contribution in [2.24, 2.45) is 0 Å². The first-order valence-corrected chi connectivity index (χ1v) is 14.9. The van der Waals surface area contributed by atoms with E-state index in [0.29, 0.717) is 31.9 Å². The topological polar surface area (TPSA) is 40.5 Å². The summed E-state index contributed by atoms with van der Waals surface area (Å²) in [5.41, 5.74) is 6.24.